The predicted octanol–water partition coefficient (Wildman–Crippen LogP) is 2.93. The summed E-state index contributed by atoms with van der Waals surface area (Å²) in [6.07, 6.45) is 6.70. The molecule has 0 bridgehead atoms. The van der Waals surface area contributed by atoms with E-state index in [4.69, 9.17) is 0 Å². The van der Waals surface area contributed by atoms with Crippen LogP contribution in [0.3, 0.4) is 0 Å². The summed E-state index contributed by atoms with van der Waals surface area (Å²) in [5, 5.41) is 3.75. The van der Waals surface area contributed by atoms with E-state index in [1.165, 1.54) is 32.1 Å². The second kappa shape index (κ2) is 4.21. The van der Waals surface area contributed by atoms with Crippen LogP contribution in [0, 0.1) is 5.92 Å². The number of aryl methyl sites for hydroxylation is 1. The van der Waals surface area contributed by atoms with Crippen LogP contribution in [0.2, 0.25) is 0 Å². The van der Waals surface area contributed by atoms with Gasteiger partial charge in [-0.05, 0) is 56.1 Å². The molecule has 1 heterocycles. The maximum Gasteiger partial charge on any atom is 0.0102 e. The van der Waals surface area contributed by atoms with Crippen molar-refractivity contribution < 1.29 is 0 Å². The van der Waals surface area contributed by atoms with Crippen molar-refractivity contribution in [3.05, 3.63) is 35.4 Å². The van der Waals surface area contributed by atoms with Crippen molar-refractivity contribution >= 4 is 0 Å². The van der Waals surface area contributed by atoms with Crippen LogP contribution in [-0.4, -0.2) is 12.1 Å². The minimum atomic E-state index is 0.738. The van der Waals surface area contributed by atoms with E-state index >= 15 is 0 Å². The van der Waals surface area contributed by atoms with Gasteiger partial charge in [-0.3, -0.25) is 0 Å². The summed E-state index contributed by atoms with van der Waals surface area (Å²) in [6.45, 7) is 2.32. The van der Waals surface area contributed by atoms with Gasteiger partial charge in [0.15, 0.2) is 0 Å². The molecule has 3 rings (SSSR count). The van der Waals surface area contributed by atoms with Crippen molar-refractivity contribution in [1.29, 1.82) is 0 Å². The van der Waals surface area contributed by atoms with E-state index < -0.39 is 0 Å². The lowest BCUT2D eigenvalue weighted by atomic mass is 9.79. The third-order valence-electron chi connectivity index (χ3n) is 4.36. The normalized spacial score (nSPS) is 33.7. The van der Waals surface area contributed by atoms with Gasteiger partial charge in [0.05, 0.1) is 0 Å². The molecule has 1 aliphatic carbocycles. The first-order valence-corrected chi connectivity index (χ1v) is 6.66. The van der Waals surface area contributed by atoms with E-state index in [1.54, 1.807) is 11.1 Å². The molecular formula is C15H21N. The molecule has 2 aliphatic rings. The molecule has 1 heteroatoms. The highest BCUT2D eigenvalue weighted by Crippen LogP contribution is 2.31. The Morgan fingerprint density at radius 1 is 1.06 bits per heavy atom. The first-order chi connectivity index (χ1) is 7.83. The van der Waals surface area contributed by atoms with E-state index in [0.717, 1.165) is 18.0 Å². The molecule has 3 atom stereocenters. The molecule has 1 nitrogen and oxygen atoms in total. The number of hydrogen-bond donors (Lipinski definition) is 1. The van der Waals surface area contributed by atoms with Gasteiger partial charge in [-0.1, -0.05) is 24.3 Å². The lowest BCUT2D eigenvalue weighted by molar-refractivity contribution is 0.342. The maximum atomic E-state index is 3.75. The van der Waals surface area contributed by atoms with Crippen LogP contribution in [-0.2, 0) is 12.8 Å². The molecule has 0 aromatic heterocycles. The van der Waals surface area contributed by atoms with Gasteiger partial charge in [-0.25, -0.2) is 0 Å². The fraction of sp³-hybridized carbons (Fsp3) is 0.600. The number of nitrogens with one attached hydrogen (secondary N) is 1. The summed E-state index contributed by atoms with van der Waals surface area (Å²) in [5.74, 6) is 0.875. The van der Waals surface area contributed by atoms with Crippen molar-refractivity contribution in [2.45, 2.75) is 51.1 Å². The van der Waals surface area contributed by atoms with Gasteiger partial charge in [0.2, 0.25) is 0 Å². The Balaban J connectivity index is 1.73. The number of benzene rings is 1. The molecule has 1 aliphatic heterocycles. The van der Waals surface area contributed by atoms with Crippen molar-refractivity contribution in [2.24, 2.45) is 5.92 Å². The van der Waals surface area contributed by atoms with Crippen LogP contribution in [0.4, 0.5) is 0 Å². The summed E-state index contributed by atoms with van der Waals surface area (Å²) in [5.41, 5.74) is 3.19. The van der Waals surface area contributed by atoms with Crippen molar-refractivity contribution in [2.75, 3.05) is 0 Å². The van der Waals surface area contributed by atoms with Crippen molar-refractivity contribution in [3.8, 4) is 0 Å². The van der Waals surface area contributed by atoms with E-state index in [2.05, 4.69) is 36.5 Å². The molecule has 1 aromatic rings. The molecule has 0 spiro atoms. The minimum Gasteiger partial charge on any atom is -0.311 e. The van der Waals surface area contributed by atoms with Gasteiger partial charge in [-0.2, -0.15) is 0 Å². The Bertz CT molecular complexity index is 371. The van der Waals surface area contributed by atoms with E-state index in [9.17, 15) is 0 Å². The van der Waals surface area contributed by atoms with Gasteiger partial charge in [0, 0.05) is 12.1 Å². The molecule has 1 unspecified atom stereocenters. The van der Waals surface area contributed by atoms with Crippen LogP contribution in [0.1, 0.15) is 37.3 Å². The van der Waals surface area contributed by atoms with E-state index in [-0.39, 0.29) is 0 Å². The molecular weight excluding hydrogens is 194 g/mol. The second-order valence-electron chi connectivity index (χ2n) is 5.52. The number of rotatable bonds is 1. The predicted molar refractivity (Wildman–Crippen MR) is 67.6 cm³/mol. The largest absolute Gasteiger partial charge is 0.311 e. The summed E-state index contributed by atoms with van der Waals surface area (Å²) >= 11 is 0. The summed E-state index contributed by atoms with van der Waals surface area (Å²) < 4.78 is 0. The average molecular weight is 215 g/mol. The molecule has 0 saturated carbocycles. The molecule has 0 amide bonds. The summed E-state index contributed by atoms with van der Waals surface area (Å²) in [7, 11) is 0. The van der Waals surface area contributed by atoms with E-state index in [0.29, 0.717) is 0 Å². The maximum absolute atomic E-state index is 3.75. The molecule has 1 saturated heterocycles. The molecule has 0 radical (unpaired) electrons. The Labute approximate surface area is 98.3 Å². The highest BCUT2D eigenvalue weighted by atomic mass is 15.0. The molecule has 1 fully saturated rings. The first-order valence-electron chi connectivity index (χ1n) is 6.66. The highest BCUT2D eigenvalue weighted by molar-refractivity contribution is 5.30. The van der Waals surface area contributed by atoms with Gasteiger partial charge < -0.3 is 5.32 Å². The summed E-state index contributed by atoms with van der Waals surface area (Å²) in [6, 6.07) is 10.5. The number of hydrogen-bond acceptors (Lipinski definition) is 1. The smallest absolute Gasteiger partial charge is 0.0102 e. The van der Waals surface area contributed by atoms with Gasteiger partial charge >= 0.3 is 0 Å². The Kier molecular flexibility index (Phi) is 2.72. The third kappa shape index (κ3) is 1.89. The average Bonchev–Trinajstić information content (AvgIpc) is 2.75. The fourth-order valence-electron chi connectivity index (χ4n) is 3.40. The highest BCUT2D eigenvalue weighted by Gasteiger charge is 2.30. The molecule has 86 valence electrons. The fourth-order valence-corrected chi connectivity index (χ4v) is 3.40. The Morgan fingerprint density at radius 3 is 2.62 bits per heavy atom. The quantitative estimate of drug-likeness (QED) is 0.759. The molecule has 1 aromatic carbocycles. The third-order valence-corrected chi connectivity index (χ3v) is 4.36. The van der Waals surface area contributed by atoms with Gasteiger partial charge in [0.1, 0.15) is 0 Å². The minimum absolute atomic E-state index is 0.738. The summed E-state index contributed by atoms with van der Waals surface area (Å²) in [4.78, 5) is 0. The Morgan fingerprint density at radius 2 is 1.88 bits per heavy atom. The van der Waals surface area contributed by atoms with Crippen LogP contribution in [0.15, 0.2) is 24.3 Å². The monoisotopic (exact) mass is 215 g/mol. The zero-order chi connectivity index (χ0) is 11.0. The van der Waals surface area contributed by atoms with Crippen LogP contribution < -0.4 is 5.32 Å². The standard InChI is InChI=1S/C15H21N/c1-11-6-9-15(16-11)14-8-7-12-4-2-3-5-13(12)10-14/h2-5,11,14-16H,6-10H2,1H3/t11-,14?,15-/m1/s1. The zero-order valence-corrected chi connectivity index (χ0v) is 10.1. The number of fused-ring (bicyclic) bond motifs is 1. The topological polar surface area (TPSA) is 12.0 Å². The van der Waals surface area contributed by atoms with E-state index in [1.807, 2.05) is 0 Å². The zero-order valence-electron chi connectivity index (χ0n) is 10.1. The second-order valence-corrected chi connectivity index (χ2v) is 5.52. The molecule has 1 N–H and O–H groups in total. The molecule has 16 heavy (non-hydrogen) atoms. The van der Waals surface area contributed by atoms with Gasteiger partial charge in [0.25, 0.3) is 0 Å². The van der Waals surface area contributed by atoms with Crippen molar-refractivity contribution in [1.82, 2.24) is 5.32 Å². The van der Waals surface area contributed by atoms with Crippen molar-refractivity contribution in [3.63, 3.8) is 0 Å². The van der Waals surface area contributed by atoms with Crippen LogP contribution in [0.25, 0.3) is 0 Å². The lowest BCUT2D eigenvalue weighted by Gasteiger charge is -2.29. The van der Waals surface area contributed by atoms with Crippen LogP contribution >= 0.6 is 0 Å². The lowest BCUT2D eigenvalue weighted by Crippen LogP contribution is -2.36. The first kappa shape index (κ1) is 10.3. The van der Waals surface area contributed by atoms with Crippen LogP contribution in [0.5, 0.6) is 0 Å². The SMILES string of the molecule is C[C@@H]1CC[C@H](C2CCc3ccccc3C2)N1. The van der Waals surface area contributed by atoms with Gasteiger partial charge in [-0.15, -0.1) is 0 Å². The Hall–Kier alpha value is -0.820.